The lowest BCUT2D eigenvalue weighted by atomic mass is 9.92. The van der Waals surface area contributed by atoms with Crippen LogP contribution in [0.3, 0.4) is 0 Å². The number of rotatable bonds is 5. The van der Waals surface area contributed by atoms with Gasteiger partial charge in [0.05, 0.1) is 0 Å². The van der Waals surface area contributed by atoms with Crippen LogP contribution >= 0.6 is 0 Å². The molecule has 4 rings (SSSR count). The number of carbonyl (C=O) groups is 1. The maximum atomic E-state index is 12.2. The summed E-state index contributed by atoms with van der Waals surface area (Å²) in [7, 11) is 3.49. The summed E-state index contributed by atoms with van der Waals surface area (Å²) in [5.41, 5.74) is 4.01. The van der Waals surface area contributed by atoms with E-state index in [2.05, 4.69) is 44.1 Å². The van der Waals surface area contributed by atoms with Crippen molar-refractivity contribution in [1.82, 2.24) is 24.8 Å². The molecule has 1 amide bonds. The Morgan fingerprint density at radius 2 is 2.18 bits per heavy atom. The normalized spacial score (nSPS) is 17.7. The zero-order valence-corrected chi connectivity index (χ0v) is 16.6. The maximum absolute atomic E-state index is 12.2. The van der Waals surface area contributed by atoms with Crippen molar-refractivity contribution >= 4 is 16.8 Å². The lowest BCUT2D eigenvalue weighted by Gasteiger charge is -2.32. The van der Waals surface area contributed by atoms with Crippen molar-refractivity contribution in [1.29, 1.82) is 0 Å². The summed E-state index contributed by atoms with van der Waals surface area (Å²) in [4.78, 5) is 28.1. The van der Waals surface area contributed by atoms with Gasteiger partial charge < -0.3 is 9.88 Å². The molecule has 1 aliphatic heterocycles. The largest absolute Gasteiger partial charge is 0.361 e. The van der Waals surface area contributed by atoms with Crippen molar-refractivity contribution < 1.29 is 4.79 Å². The molecule has 28 heavy (non-hydrogen) atoms. The molecular weight excluding hydrogens is 350 g/mol. The van der Waals surface area contributed by atoms with Crippen LogP contribution in [0.2, 0.25) is 0 Å². The van der Waals surface area contributed by atoms with Gasteiger partial charge in [0.15, 0.2) is 0 Å². The molecule has 1 aliphatic rings. The van der Waals surface area contributed by atoms with E-state index in [1.165, 1.54) is 35.6 Å². The minimum Gasteiger partial charge on any atom is -0.361 e. The first-order valence-corrected chi connectivity index (χ1v) is 9.90. The Hall–Kier alpha value is -2.73. The van der Waals surface area contributed by atoms with E-state index in [0.717, 1.165) is 31.7 Å². The first-order valence-electron chi connectivity index (χ1n) is 9.90. The molecule has 2 aromatic heterocycles. The van der Waals surface area contributed by atoms with E-state index in [1.807, 2.05) is 12.3 Å². The highest BCUT2D eigenvalue weighted by molar-refractivity contribution is 5.91. The van der Waals surface area contributed by atoms with Crippen molar-refractivity contribution in [3.63, 3.8) is 0 Å². The molecule has 0 spiro atoms. The Morgan fingerprint density at radius 3 is 3.04 bits per heavy atom. The Balaban J connectivity index is 1.42. The molecule has 0 radical (unpaired) electrons. The monoisotopic (exact) mass is 377 g/mol. The lowest BCUT2D eigenvalue weighted by molar-refractivity contribution is 0.0821. The van der Waals surface area contributed by atoms with Crippen LogP contribution in [0.15, 0.2) is 42.9 Å². The van der Waals surface area contributed by atoms with Gasteiger partial charge in [-0.05, 0) is 55.5 Å². The third-order valence-corrected chi connectivity index (χ3v) is 5.53. The topological polar surface area (TPSA) is 65.1 Å². The second-order valence-corrected chi connectivity index (χ2v) is 7.90. The zero-order chi connectivity index (χ0) is 19.5. The van der Waals surface area contributed by atoms with Gasteiger partial charge in [-0.3, -0.25) is 9.69 Å². The van der Waals surface area contributed by atoms with Gasteiger partial charge in [-0.2, -0.15) is 0 Å². The van der Waals surface area contributed by atoms with Gasteiger partial charge in [0, 0.05) is 50.0 Å². The molecule has 1 N–H and O–H groups in total. The number of benzene rings is 1. The van der Waals surface area contributed by atoms with Gasteiger partial charge in [-0.1, -0.05) is 12.1 Å². The van der Waals surface area contributed by atoms with Crippen LogP contribution in [0.5, 0.6) is 0 Å². The van der Waals surface area contributed by atoms with Crippen molar-refractivity contribution in [2.24, 2.45) is 5.92 Å². The number of fused-ring (bicyclic) bond motifs is 1. The molecule has 0 unspecified atom stereocenters. The molecule has 0 saturated carbocycles. The standard InChI is InChI=1S/C22H27N5O/c1-26(2)22(28)21-12-18(24-15-25-21)11-16-5-4-10-27(13-16)14-17-6-3-7-20-19(17)8-9-23-20/h3,6-9,12,15-16,23H,4-5,10-11,13-14H2,1-2H3/t16-/m0/s1. The number of amides is 1. The van der Waals surface area contributed by atoms with Crippen LogP contribution < -0.4 is 0 Å². The summed E-state index contributed by atoms with van der Waals surface area (Å²) in [6.07, 6.45) is 6.81. The number of H-pyrrole nitrogens is 1. The molecule has 1 fully saturated rings. The summed E-state index contributed by atoms with van der Waals surface area (Å²) in [5.74, 6) is 0.477. The molecule has 1 aromatic carbocycles. The van der Waals surface area contributed by atoms with Gasteiger partial charge in [-0.25, -0.2) is 9.97 Å². The summed E-state index contributed by atoms with van der Waals surface area (Å²) in [5, 5.41) is 1.31. The van der Waals surface area contributed by atoms with Crippen LogP contribution in [0, 0.1) is 5.92 Å². The average molecular weight is 377 g/mol. The van der Waals surface area contributed by atoms with E-state index in [0.29, 0.717) is 11.6 Å². The number of piperidine rings is 1. The number of likely N-dealkylation sites (tertiary alicyclic amines) is 1. The summed E-state index contributed by atoms with van der Waals surface area (Å²) in [6.45, 7) is 3.16. The highest BCUT2D eigenvalue weighted by Gasteiger charge is 2.22. The number of hydrogen-bond acceptors (Lipinski definition) is 4. The SMILES string of the molecule is CN(C)C(=O)c1cc(C[C@@H]2CCCN(Cc3cccc4[nH]ccc34)C2)ncn1. The number of nitrogens with one attached hydrogen (secondary N) is 1. The van der Waals surface area contributed by atoms with Gasteiger partial charge in [0.1, 0.15) is 12.0 Å². The zero-order valence-electron chi connectivity index (χ0n) is 16.6. The Kier molecular flexibility index (Phi) is 5.39. The molecule has 3 aromatic rings. The number of nitrogens with zero attached hydrogens (tertiary/aromatic N) is 4. The smallest absolute Gasteiger partial charge is 0.272 e. The molecule has 1 saturated heterocycles. The predicted octanol–water partition coefficient (Wildman–Crippen LogP) is 3.11. The van der Waals surface area contributed by atoms with E-state index < -0.39 is 0 Å². The van der Waals surface area contributed by atoms with E-state index in [1.54, 1.807) is 19.0 Å². The molecule has 146 valence electrons. The molecular formula is C22H27N5O. The van der Waals surface area contributed by atoms with Crippen molar-refractivity contribution in [2.75, 3.05) is 27.2 Å². The Morgan fingerprint density at radius 1 is 1.29 bits per heavy atom. The highest BCUT2D eigenvalue weighted by atomic mass is 16.2. The second-order valence-electron chi connectivity index (χ2n) is 7.90. The fourth-order valence-electron chi connectivity index (χ4n) is 4.14. The number of aromatic nitrogens is 3. The molecule has 0 aliphatic carbocycles. The Labute approximate surface area is 165 Å². The van der Waals surface area contributed by atoms with Gasteiger partial charge in [0.25, 0.3) is 5.91 Å². The van der Waals surface area contributed by atoms with Crippen LogP contribution in [-0.4, -0.2) is 57.8 Å². The van der Waals surface area contributed by atoms with Gasteiger partial charge >= 0.3 is 0 Å². The number of aromatic amines is 1. The minimum absolute atomic E-state index is 0.0754. The van der Waals surface area contributed by atoms with Gasteiger partial charge in [-0.15, -0.1) is 0 Å². The molecule has 0 bridgehead atoms. The first kappa shape index (κ1) is 18.6. The van der Waals surface area contributed by atoms with Crippen LogP contribution in [0.25, 0.3) is 10.9 Å². The maximum Gasteiger partial charge on any atom is 0.272 e. The first-order chi connectivity index (χ1) is 13.6. The molecule has 3 heterocycles. The summed E-state index contributed by atoms with van der Waals surface area (Å²) in [6, 6.07) is 10.5. The van der Waals surface area contributed by atoms with Crippen LogP contribution in [-0.2, 0) is 13.0 Å². The number of carbonyl (C=O) groups excluding carboxylic acids is 1. The van der Waals surface area contributed by atoms with E-state index >= 15 is 0 Å². The van der Waals surface area contributed by atoms with E-state index in [4.69, 9.17) is 0 Å². The fraction of sp³-hybridized carbons (Fsp3) is 0.409. The highest BCUT2D eigenvalue weighted by Crippen LogP contribution is 2.24. The second kappa shape index (κ2) is 8.10. The molecule has 1 atom stereocenters. The quantitative estimate of drug-likeness (QED) is 0.742. The third-order valence-electron chi connectivity index (χ3n) is 5.53. The van der Waals surface area contributed by atoms with Crippen molar-refractivity contribution in [3.05, 3.63) is 59.8 Å². The van der Waals surface area contributed by atoms with Gasteiger partial charge in [0.2, 0.25) is 0 Å². The Bertz CT molecular complexity index is 964. The third kappa shape index (κ3) is 4.07. The predicted molar refractivity (Wildman–Crippen MR) is 110 cm³/mol. The lowest BCUT2D eigenvalue weighted by Crippen LogP contribution is -2.36. The molecule has 6 nitrogen and oxygen atoms in total. The van der Waals surface area contributed by atoms with Crippen LogP contribution in [0.4, 0.5) is 0 Å². The fourth-order valence-corrected chi connectivity index (χ4v) is 4.14. The molecule has 6 heteroatoms. The minimum atomic E-state index is -0.0754. The van der Waals surface area contributed by atoms with Crippen molar-refractivity contribution in [3.8, 4) is 0 Å². The average Bonchev–Trinajstić information content (AvgIpc) is 3.18. The van der Waals surface area contributed by atoms with Crippen LogP contribution in [0.1, 0.15) is 34.6 Å². The summed E-state index contributed by atoms with van der Waals surface area (Å²) < 4.78 is 0. The summed E-state index contributed by atoms with van der Waals surface area (Å²) >= 11 is 0. The van der Waals surface area contributed by atoms with Crippen molar-refractivity contribution in [2.45, 2.75) is 25.8 Å². The number of hydrogen-bond donors (Lipinski definition) is 1. The van der Waals surface area contributed by atoms with E-state index in [9.17, 15) is 4.79 Å². The van der Waals surface area contributed by atoms with E-state index in [-0.39, 0.29) is 5.91 Å².